The molecule has 0 saturated carbocycles. The van der Waals surface area contributed by atoms with E-state index in [0.29, 0.717) is 13.1 Å². The molecule has 1 amide bonds. The first kappa shape index (κ1) is 18.7. The molecule has 3 aromatic rings. The Morgan fingerprint density at radius 3 is 2.37 bits per heavy atom. The molecule has 5 nitrogen and oxygen atoms in total. The average molecular weight is 399 g/mol. The van der Waals surface area contributed by atoms with Crippen molar-refractivity contribution in [2.45, 2.75) is 18.3 Å². The molecule has 5 heteroatoms. The van der Waals surface area contributed by atoms with E-state index in [1.54, 1.807) is 25.4 Å². The molecule has 0 N–H and O–H groups in total. The third kappa shape index (κ3) is 2.93. The van der Waals surface area contributed by atoms with Crippen LogP contribution in [-0.2, 0) is 12.5 Å². The van der Waals surface area contributed by atoms with Gasteiger partial charge < -0.3 is 14.4 Å². The van der Waals surface area contributed by atoms with Gasteiger partial charge in [-0.1, -0.05) is 36.4 Å². The lowest BCUT2D eigenvalue weighted by atomic mass is 9.74. The predicted octanol–water partition coefficient (Wildman–Crippen LogP) is 3.71. The summed E-state index contributed by atoms with van der Waals surface area (Å²) in [6.07, 6.45) is 3.47. The summed E-state index contributed by atoms with van der Waals surface area (Å²) in [6, 6.07) is 22.5. The molecule has 1 saturated heterocycles. The second-order valence-electron chi connectivity index (χ2n) is 8.35. The van der Waals surface area contributed by atoms with Crippen LogP contribution in [0.3, 0.4) is 0 Å². The van der Waals surface area contributed by atoms with Gasteiger partial charge in [0.15, 0.2) is 0 Å². The Morgan fingerprint density at radius 1 is 0.900 bits per heavy atom. The van der Waals surface area contributed by atoms with Gasteiger partial charge in [0, 0.05) is 49.7 Å². The number of hydrogen-bond donors (Lipinski definition) is 0. The minimum absolute atomic E-state index is 0.0326. The SMILES string of the molecule is Cn1cccc(C(=O)N2CCC3(CC2)CN(c2ccccc2)c2ccccc23)c1=O. The topological polar surface area (TPSA) is 45.6 Å². The van der Waals surface area contributed by atoms with Gasteiger partial charge in [0.05, 0.1) is 0 Å². The van der Waals surface area contributed by atoms with Gasteiger partial charge in [-0.15, -0.1) is 0 Å². The number of likely N-dealkylation sites (tertiary alicyclic amines) is 1. The number of rotatable bonds is 2. The van der Waals surface area contributed by atoms with E-state index in [0.717, 1.165) is 19.4 Å². The summed E-state index contributed by atoms with van der Waals surface area (Å²) in [7, 11) is 1.68. The number of amides is 1. The maximum Gasteiger partial charge on any atom is 0.263 e. The third-order valence-corrected chi connectivity index (χ3v) is 6.66. The standard InChI is InChI=1S/C25H25N3O2/c1-26-15-7-10-20(23(26)29)24(30)27-16-13-25(14-17-27)18-28(19-8-3-2-4-9-19)22-12-6-5-11-21(22)25/h2-12,15H,13-14,16-18H2,1H3. The summed E-state index contributed by atoms with van der Waals surface area (Å²) in [4.78, 5) is 29.6. The van der Waals surface area contributed by atoms with E-state index in [1.807, 2.05) is 11.0 Å². The molecule has 5 rings (SSSR count). The molecular weight excluding hydrogens is 374 g/mol. The zero-order valence-electron chi connectivity index (χ0n) is 17.1. The number of para-hydroxylation sites is 2. The van der Waals surface area contributed by atoms with E-state index in [4.69, 9.17) is 0 Å². The molecule has 0 radical (unpaired) electrons. The second kappa shape index (κ2) is 7.17. The number of anilines is 2. The van der Waals surface area contributed by atoms with Crippen molar-refractivity contribution in [1.29, 1.82) is 0 Å². The Hall–Kier alpha value is -3.34. The molecule has 2 aromatic carbocycles. The van der Waals surface area contributed by atoms with E-state index < -0.39 is 0 Å². The Morgan fingerprint density at radius 2 is 1.60 bits per heavy atom. The fourth-order valence-electron chi connectivity index (χ4n) is 4.96. The fraction of sp³-hybridized carbons (Fsp3) is 0.280. The van der Waals surface area contributed by atoms with Gasteiger partial charge in [-0.3, -0.25) is 9.59 Å². The van der Waals surface area contributed by atoms with Crippen LogP contribution in [0.2, 0.25) is 0 Å². The minimum atomic E-state index is -0.232. The summed E-state index contributed by atoms with van der Waals surface area (Å²) in [5, 5.41) is 0. The van der Waals surface area contributed by atoms with E-state index in [9.17, 15) is 9.59 Å². The lowest BCUT2D eigenvalue weighted by Gasteiger charge is -2.40. The van der Waals surface area contributed by atoms with Crippen LogP contribution in [0.4, 0.5) is 11.4 Å². The summed E-state index contributed by atoms with van der Waals surface area (Å²) in [6.45, 7) is 2.24. The highest BCUT2D eigenvalue weighted by Gasteiger charge is 2.45. The van der Waals surface area contributed by atoms with Crippen molar-refractivity contribution >= 4 is 17.3 Å². The quantitative estimate of drug-likeness (QED) is 0.660. The number of aryl methyl sites for hydroxylation is 1. The zero-order chi connectivity index (χ0) is 20.7. The minimum Gasteiger partial charge on any atom is -0.340 e. The van der Waals surface area contributed by atoms with Crippen molar-refractivity contribution in [3.63, 3.8) is 0 Å². The van der Waals surface area contributed by atoms with Gasteiger partial charge >= 0.3 is 0 Å². The van der Waals surface area contributed by atoms with Crippen LogP contribution < -0.4 is 10.5 Å². The van der Waals surface area contributed by atoms with Crippen molar-refractivity contribution in [3.05, 3.63) is 94.4 Å². The lowest BCUT2D eigenvalue weighted by molar-refractivity contribution is 0.0672. The smallest absolute Gasteiger partial charge is 0.263 e. The van der Waals surface area contributed by atoms with Crippen molar-refractivity contribution in [2.75, 3.05) is 24.5 Å². The predicted molar refractivity (Wildman–Crippen MR) is 118 cm³/mol. The van der Waals surface area contributed by atoms with Crippen molar-refractivity contribution in [2.24, 2.45) is 7.05 Å². The van der Waals surface area contributed by atoms with E-state index in [2.05, 4.69) is 53.4 Å². The molecule has 1 fully saturated rings. The number of aromatic nitrogens is 1. The number of carbonyl (C=O) groups excluding carboxylic acids is 1. The summed E-state index contributed by atoms with van der Waals surface area (Å²) in [5.74, 6) is -0.155. The molecule has 3 heterocycles. The van der Waals surface area contributed by atoms with Crippen molar-refractivity contribution in [3.8, 4) is 0 Å². The fourth-order valence-corrected chi connectivity index (χ4v) is 4.96. The van der Waals surface area contributed by atoms with Gasteiger partial charge in [-0.05, 0) is 48.7 Å². The average Bonchev–Trinajstić information content (AvgIpc) is 3.11. The highest BCUT2D eigenvalue weighted by atomic mass is 16.2. The maximum absolute atomic E-state index is 13.0. The number of fused-ring (bicyclic) bond motifs is 2. The van der Waals surface area contributed by atoms with Crippen LogP contribution in [0.5, 0.6) is 0 Å². The van der Waals surface area contributed by atoms with E-state index >= 15 is 0 Å². The molecule has 30 heavy (non-hydrogen) atoms. The van der Waals surface area contributed by atoms with Crippen molar-refractivity contribution in [1.82, 2.24) is 9.47 Å². The lowest BCUT2D eigenvalue weighted by Crippen LogP contribution is -2.47. The monoisotopic (exact) mass is 399 g/mol. The number of benzene rings is 2. The summed E-state index contributed by atoms with van der Waals surface area (Å²) in [5.41, 5.74) is 3.90. The van der Waals surface area contributed by atoms with Crippen LogP contribution in [0.25, 0.3) is 0 Å². The molecule has 0 bridgehead atoms. The second-order valence-corrected chi connectivity index (χ2v) is 8.35. The Kier molecular flexibility index (Phi) is 4.46. The number of pyridine rings is 1. The van der Waals surface area contributed by atoms with Gasteiger partial charge in [0.1, 0.15) is 5.56 Å². The van der Waals surface area contributed by atoms with Crippen LogP contribution in [0.1, 0.15) is 28.8 Å². The molecule has 1 aromatic heterocycles. The van der Waals surface area contributed by atoms with E-state index in [-0.39, 0.29) is 22.4 Å². The van der Waals surface area contributed by atoms with Crippen molar-refractivity contribution < 1.29 is 4.79 Å². The molecule has 2 aliphatic heterocycles. The zero-order valence-corrected chi connectivity index (χ0v) is 17.1. The molecule has 0 unspecified atom stereocenters. The highest BCUT2D eigenvalue weighted by Crippen LogP contribution is 2.49. The molecular formula is C25H25N3O2. The van der Waals surface area contributed by atoms with Gasteiger partial charge in [-0.25, -0.2) is 0 Å². The first-order chi connectivity index (χ1) is 14.6. The largest absolute Gasteiger partial charge is 0.340 e. The summed E-state index contributed by atoms with van der Waals surface area (Å²) >= 11 is 0. The highest BCUT2D eigenvalue weighted by molar-refractivity contribution is 5.94. The number of nitrogens with zero attached hydrogens (tertiary/aromatic N) is 3. The number of hydrogen-bond acceptors (Lipinski definition) is 3. The van der Waals surface area contributed by atoms with Crippen LogP contribution in [0, 0.1) is 0 Å². The van der Waals surface area contributed by atoms with Crippen LogP contribution in [0.15, 0.2) is 77.7 Å². The Bertz CT molecular complexity index is 1140. The number of carbonyl (C=O) groups is 1. The van der Waals surface area contributed by atoms with Gasteiger partial charge in [0.2, 0.25) is 0 Å². The molecule has 2 aliphatic rings. The first-order valence-electron chi connectivity index (χ1n) is 10.5. The van der Waals surface area contributed by atoms with Crippen LogP contribution >= 0.6 is 0 Å². The Balaban J connectivity index is 1.41. The third-order valence-electron chi connectivity index (χ3n) is 6.66. The molecule has 152 valence electrons. The van der Waals surface area contributed by atoms with E-state index in [1.165, 1.54) is 21.5 Å². The molecule has 0 atom stereocenters. The van der Waals surface area contributed by atoms with Gasteiger partial charge in [0.25, 0.3) is 11.5 Å². The number of piperidine rings is 1. The van der Waals surface area contributed by atoms with Gasteiger partial charge in [-0.2, -0.15) is 0 Å². The Labute approximate surface area is 176 Å². The normalized spacial score (nSPS) is 17.2. The maximum atomic E-state index is 13.0. The first-order valence-corrected chi connectivity index (χ1v) is 10.5. The van der Waals surface area contributed by atoms with Crippen LogP contribution in [-0.4, -0.2) is 35.0 Å². The molecule has 1 spiro atoms. The molecule has 0 aliphatic carbocycles. The summed E-state index contributed by atoms with van der Waals surface area (Å²) < 4.78 is 1.46.